The third-order valence-electron chi connectivity index (χ3n) is 4.08. The number of carbonyl (C=O) groups excluding carboxylic acids is 1. The van der Waals surface area contributed by atoms with E-state index in [4.69, 9.17) is 4.42 Å². The highest BCUT2D eigenvalue weighted by molar-refractivity contribution is 5.73. The van der Waals surface area contributed by atoms with E-state index in [1.807, 2.05) is 24.3 Å². The fourth-order valence-corrected chi connectivity index (χ4v) is 2.88. The molecule has 2 aromatic heterocycles. The third kappa shape index (κ3) is 4.32. The molecule has 3 rings (SSSR count). The van der Waals surface area contributed by atoms with Crippen LogP contribution in [0.4, 0.5) is 4.79 Å². The molecule has 1 aliphatic heterocycles. The highest BCUT2D eigenvalue weighted by Crippen LogP contribution is 2.24. The van der Waals surface area contributed by atoms with Gasteiger partial charge >= 0.3 is 6.03 Å². The van der Waals surface area contributed by atoms with E-state index in [0.717, 1.165) is 24.4 Å². The lowest BCUT2D eigenvalue weighted by atomic mass is 10.2. The summed E-state index contributed by atoms with van der Waals surface area (Å²) in [4.78, 5) is 18.4. The average Bonchev–Trinajstić information content (AvgIpc) is 3.28. The summed E-state index contributed by atoms with van der Waals surface area (Å²) < 4.78 is 5.55. The standard InChI is InChI=1S/C17H22N4O2/c22-17(19-12-14-5-3-7-18-11-14)20-13-15(16-6-4-10-23-16)21-8-1-2-9-21/h3-7,10-11,15H,1-2,8-9,12-13H2,(H2,19,20,22). The van der Waals surface area contributed by atoms with Crippen molar-refractivity contribution in [3.05, 3.63) is 54.2 Å². The molecule has 6 heteroatoms. The number of carbonyl (C=O) groups is 1. The maximum absolute atomic E-state index is 12.0. The van der Waals surface area contributed by atoms with Crippen molar-refractivity contribution in [3.8, 4) is 0 Å². The molecule has 0 saturated carbocycles. The molecule has 0 spiro atoms. The molecule has 1 fully saturated rings. The molecule has 0 bridgehead atoms. The minimum absolute atomic E-state index is 0.0941. The van der Waals surface area contributed by atoms with E-state index in [9.17, 15) is 4.79 Å². The first kappa shape index (κ1) is 15.6. The van der Waals surface area contributed by atoms with Crippen LogP contribution in [0, 0.1) is 0 Å². The summed E-state index contributed by atoms with van der Waals surface area (Å²) >= 11 is 0. The highest BCUT2D eigenvalue weighted by atomic mass is 16.3. The fourth-order valence-electron chi connectivity index (χ4n) is 2.88. The third-order valence-corrected chi connectivity index (χ3v) is 4.08. The van der Waals surface area contributed by atoms with Crippen molar-refractivity contribution >= 4 is 6.03 Å². The Morgan fingerprint density at radius 1 is 1.26 bits per heavy atom. The predicted molar refractivity (Wildman–Crippen MR) is 86.7 cm³/mol. The van der Waals surface area contributed by atoms with Crippen LogP contribution in [0.5, 0.6) is 0 Å². The van der Waals surface area contributed by atoms with Crippen molar-refractivity contribution in [1.82, 2.24) is 20.5 Å². The van der Waals surface area contributed by atoms with E-state index in [-0.39, 0.29) is 12.1 Å². The number of likely N-dealkylation sites (tertiary alicyclic amines) is 1. The molecule has 1 atom stereocenters. The number of nitrogens with one attached hydrogen (secondary N) is 2. The second kappa shape index (κ2) is 7.78. The quantitative estimate of drug-likeness (QED) is 0.858. The molecule has 6 nitrogen and oxygen atoms in total. The molecule has 2 aromatic rings. The molecular formula is C17H22N4O2. The molecule has 0 aromatic carbocycles. The monoisotopic (exact) mass is 314 g/mol. The van der Waals surface area contributed by atoms with Gasteiger partial charge < -0.3 is 15.1 Å². The van der Waals surface area contributed by atoms with Gasteiger partial charge in [-0.05, 0) is 49.7 Å². The lowest BCUT2D eigenvalue weighted by Crippen LogP contribution is -2.41. The molecule has 2 amide bonds. The smallest absolute Gasteiger partial charge is 0.315 e. The lowest BCUT2D eigenvalue weighted by Gasteiger charge is -2.26. The van der Waals surface area contributed by atoms with E-state index in [0.29, 0.717) is 13.1 Å². The van der Waals surface area contributed by atoms with Crippen LogP contribution < -0.4 is 10.6 Å². The van der Waals surface area contributed by atoms with Crippen LogP contribution in [0.1, 0.15) is 30.2 Å². The maximum Gasteiger partial charge on any atom is 0.315 e. The van der Waals surface area contributed by atoms with Gasteiger partial charge in [0.25, 0.3) is 0 Å². The van der Waals surface area contributed by atoms with Crippen molar-refractivity contribution in [2.75, 3.05) is 19.6 Å². The molecule has 0 aliphatic carbocycles. The Morgan fingerprint density at radius 3 is 2.83 bits per heavy atom. The number of rotatable bonds is 6. The average molecular weight is 314 g/mol. The van der Waals surface area contributed by atoms with Gasteiger partial charge in [-0.15, -0.1) is 0 Å². The van der Waals surface area contributed by atoms with Crippen molar-refractivity contribution in [2.24, 2.45) is 0 Å². The van der Waals surface area contributed by atoms with Gasteiger partial charge in [0.15, 0.2) is 0 Å². The number of furan rings is 1. The topological polar surface area (TPSA) is 70.4 Å². The van der Waals surface area contributed by atoms with Crippen LogP contribution in [0.3, 0.4) is 0 Å². The SMILES string of the molecule is O=C(NCc1cccnc1)NCC(c1ccco1)N1CCCC1. The summed E-state index contributed by atoms with van der Waals surface area (Å²) in [5.41, 5.74) is 0.977. The first-order chi connectivity index (χ1) is 11.3. The molecule has 1 aliphatic rings. The van der Waals surface area contributed by atoms with Crippen LogP contribution >= 0.6 is 0 Å². The fraction of sp³-hybridized carbons (Fsp3) is 0.412. The molecule has 23 heavy (non-hydrogen) atoms. The molecule has 3 heterocycles. The normalized spacial score (nSPS) is 16.2. The van der Waals surface area contributed by atoms with Gasteiger partial charge in [0.2, 0.25) is 0 Å². The van der Waals surface area contributed by atoms with E-state index in [1.54, 1.807) is 18.7 Å². The summed E-state index contributed by atoms with van der Waals surface area (Å²) in [6.07, 6.45) is 7.54. The zero-order valence-corrected chi connectivity index (χ0v) is 13.1. The predicted octanol–water partition coefficient (Wildman–Crippen LogP) is 2.31. The van der Waals surface area contributed by atoms with E-state index in [2.05, 4.69) is 20.5 Å². The largest absolute Gasteiger partial charge is 0.468 e. The van der Waals surface area contributed by atoms with Gasteiger partial charge in [0.05, 0.1) is 12.3 Å². The van der Waals surface area contributed by atoms with Gasteiger partial charge in [0.1, 0.15) is 5.76 Å². The number of urea groups is 1. The summed E-state index contributed by atoms with van der Waals surface area (Å²) in [5.74, 6) is 0.902. The molecule has 1 saturated heterocycles. The van der Waals surface area contributed by atoms with Crippen molar-refractivity contribution in [2.45, 2.75) is 25.4 Å². The zero-order valence-electron chi connectivity index (χ0n) is 13.1. The first-order valence-electron chi connectivity index (χ1n) is 8.01. The number of amides is 2. The Hall–Kier alpha value is -2.34. The van der Waals surface area contributed by atoms with Crippen LogP contribution in [0.25, 0.3) is 0 Å². The molecule has 1 unspecified atom stereocenters. The van der Waals surface area contributed by atoms with Gasteiger partial charge in [-0.25, -0.2) is 4.79 Å². The van der Waals surface area contributed by atoms with E-state index >= 15 is 0 Å². The van der Waals surface area contributed by atoms with Crippen LogP contribution in [0.15, 0.2) is 47.3 Å². The Morgan fingerprint density at radius 2 is 2.13 bits per heavy atom. The lowest BCUT2D eigenvalue weighted by molar-refractivity contribution is 0.203. The van der Waals surface area contributed by atoms with Crippen molar-refractivity contribution in [3.63, 3.8) is 0 Å². The van der Waals surface area contributed by atoms with Crippen LogP contribution in [0.2, 0.25) is 0 Å². The summed E-state index contributed by atoms with van der Waals surface area (Å²) in [6, 6.07) is 7.57. The number of pyridine rings is 1. The Kier molecular flexibility index (Phi) is 5.26. The Balaban J connectivity index is 1.51. The minimum Gasteiger partial charge on any atom is -0.468 e. The highest BCUT2D eigenvalue weighted by Gasteiger charge is 2.25. The van der Waals surface area contributed by atoms with Crippen molar-refractivity contribution < 1.29 is 9.21 Å². The van der Waals surface area contributed by atoms with Gasteiger partial charge in [-0.2, -0.15) is 0 Å². The van der Waals surface area contributed by atoms with Crippen molar-refractivity contribution in [1.29, 1.82) is 0 Å². The number of nitrogens with zero attached hydrogens (tertiary/aromatic N) is 2. The maximum atomic E-state index is 12.0. The first-order valence-corrected chi connectivity index (χ1v) is 8.01. The summed E-state index contributed by atoms with van der Waals surface area (Å²) in [5, 5.41) is 5.80. The second-order valence-electron chi connectivity index (χ2n) is 5.70. The molecule has 0 radical (unpaired) electrons. The zero-order chi connectivity index (χ0) is 15.9. The summed E-state index contributed by atoms with van der Waals surface area (Å²) in [6.45, 7) is 3.09. The number of aromatic nitrogens is 1. The van der Waals surface area contributed by atoms with Gasteiger partial charge in [-0.1, -0.05) is 6.07 Å². The Bertz CT molecular complexity index is 594. The molecule has 2 N–H and O–H groups in total. The Labute approximate surface area is 135 Å². The molecule has 122 valence electrons. The summed E-state index contributed by atoms with van der Waals surface area (Å²) in [7, 11) is 0. The van der Waals surface area contributed by atoms with Gasteiger partial charge in [0, 0.05) is 25.5 Å². The molecular weight excluding hydrogens is 292 g/mol. The number of hydrogen-bond acceptors (Lipinski definition) is 4. The van der Waals surface area contributed by atoms with E-state index in [1.165, 1.54) is 12.8 Å². The number of hydrogen-bond donors (Lipinski definition) is 2. The van der Waals surface area contributed by atoms with Crippen LogP contribution in [-0.4, -0.2) is 35.5 Å². The minimum atomic E-state index is -0.176. The van der Waals surface area contributed by atoms with Gasteiger partial charge in [-0.3, -0.25) is 9.88 Å². The van der Waals surface area contributed by atoms with E-state index < -0.39 is 0 Å². The second-order valence-corrected chi connectivity index (χ2v) is 5.70. The van der Waals surface area contributed by atoms with Crippen LogP contribution in [-0.2, 0) is 6.54 Å².